The van der Waals surface area contributed by atoms with Gasteiger partial charge < -0.3 is 90.7 Å². The first kappa shape index (κ1) is 63.0. The standard InChI is InChI=1S/C52H85NO19/c1-31-17-15-13-11-9-7-5-6-8-10-12-14-16-18-39(71-51-49(63)46(53)48(62)34(4)70-51)21-19-35(50(64)65)23-24-52(66,67)30-42(59)40(57)22-20-36(54)26-37(55)27-38(56)28-44(60)68-32(2)25-43(31)72-45-29-41(58)47(61)33(3)69-45/h5-6,8,10-18,31-43,45-49,51,54-59,61-63,66-67H,7,9,19-30,53H2,1-4H3,(H,64,65)/b6-5+,10-8+,13-11+,14-12+,17-15+,18-16+/t31-,32-,33-,34?,35?,36?,37?,38?,39?,40?,41?,42?,43?,45?,46?,47?,48+,49?,51+/m0/s1. The van der Waals surface area contributed by atoms with Crippen molar-refractivity contribution < 1.29 is 94.6 Å². The lowest BCUT2D eigenvalue weighted by molar-refractivity contribution is -0.276. The molecule has 3 aliphatic rings. The van der Waals surface area contributed by atoms with Crippen LogP contribution in [0.1, 0.15) is 118 Å². The zero-order valence-electron chi connectivity index (χ0n) is 42.1. The van der Waals surface area contributed by atoms with Gasteiger partial charge in [0.1, 0.15) is 18.3 Å². The molecule has 14 unspecified atom stereocenters. The number of esters is 1. The number of ether oxygens (including phenoxy) is 5. The molecular formula is C52H85NO19. The Morgan fingerprint density at radius 1 is 0.639 bits per heavy atom. The van der Waals surface area contributed by atoms with Gasteiger partial charge in [0.25, 0.3) is 0 Å². The predicted molar refractivity (Wildman–Crippen MR) is 263 cm³/mol. The van der Waals surface area contributed by atoms with Gasteiger partial charge in [-0.25, -0.2) is 0 Å². The number of aliphatic hydroxyl groups excluding tert-OH is 9. The second-order valence-corrected chi connectivity index (χ2v) is 19.7. The molecule has 0 aromatic rings. The number of carbonyl (C=O) groups excluding carboxylic acids is 1. The van der Waals surface area contributed by atoms with Crippen LogP contribution in [0.4, 0.5) is 0 Å². The van der Waals surface area contributed by atoms with Crippen LogP contribution in [0.15, 0.2) is 72.9 Å². The van der Waals surface area contributed by atoms with Crippen molar-refractivity contribution in [3.05, 3.63) is 72.9 Å². The molecule has 2 fully saturated rings. The third-order valence-electron chi connectivity index (χ3n) is 13.2. The van der Waals surface area contributed by atoms with E-state index in [-0.39, 0.29) is 63.7 Å². The van der Waals surface area contributed by atoms with Crippen LogP contribution in [0, 0.1) is 11.8 Å². The minimum absolute atomic E-state index is 0.0216. The highest BCUT2D eigenvalue weighted by Gasteiger charge is 2.42. The average molecular weight is 1030 g/mol. The van der Waals surface area contributed by atoms with Crippen LogP contribution >= 0.6 is 0 Å². The summed E-state index contributed by atoms with van der Waals surface area (Å²) in [6, 6.07) is -1.07. The Bertz CT molecular complexity index is 1740. The maximum atomic E-state index is 12.9. The molecule has 0 amide bonds. The van der Waals surface area contributed by atoms with E-state index < -0.39 is 147 Å². The molecule has 0 spiro atoms. The number of cyclic esters (lactones) is 1. The van der Waals surface area contributed by atoms with Crippen molar-refractivity contribution >= 4 is 11.9 Å². The molecule has 0 aliphatic carbocycles. The van der Waals surface area contributed by atoms with Crippen LogP contribution in [0.25, 0.3) is 0 Å². The van der Waals surface area contributed by atoms with Gasteiger partial charge in [0.15, 0.2) is 18.4 Å². The first-order chi connectivity index (χ1) is 34.0. The smallest absolute Gasteiger partial charge is 0.308 e. The Morgan fingerprint density at radius 2 is 1.25 bits per heavy atom. The number of rotatable bonds is 5. The van der Waals surface area contributed by atoms with E-state index in [1.165, 1.54) is 0 Å². The molecule has 0 aromatic heterocycles. The van der Waals surface area contributed by atoms with Gasteiger partial charge in [0.05, 0.1) is 85.5 Å². The first-order valence-electron chi connectivity index (χ1n) is 25.3. The van der Waals surface area contributed by atoms with E-state index in [9.17, 15) is 70.9 Å². The molecule has 72 heavy (non-hydrogen) atoms. The van der Waals surface area contributed by atoms with Gasteiger partial charge in [-0.05, 0) is 78.6 Å². The summed E-state index contributed by atoms with van der Waals surface area (Å²) in [5.41, 5.74) is 6.01. The molecule has 412 valence electrons. The molecule has 3 heterocycles. The predicted octanol–water partition coefficient (Wildman–Crippen LogP) is 1.58. The molecule has 14 N–H and O–H groups in total. The van der Waals surface area contributed by atoms with Gasteiger partial charge in [-0.15, -0.1) is 0 Å². The third kappa shape index (κ3) is 23.5. The Kier molecular flexibility index (Phi) is 28.2. The van der Waals surface area contributed by atoms with Gasteiger partial charge in [-0.2, -0.15) is 0 Å². The fourth-order valence-corrected chi connectivity index (χ4v) is 8.67. The molecule has 3 rings (SSSR count). The quantitative estimate of drug-likeness (QED) is 0.137. The van der Waals surface area contributed by atoms with Crippen LogP contribution in [-0.4, -0.2) is 183 Å². The molecule has 0 bridgehead atoms. The van der Waals surface area contributed by atoms with Gasteiger partial charge in [0.2, 0.25) is 0 Å². The Morgan fingerprint density at radius 3 is 1.92 bits per heavy atom. The number of aliphatic carboxylic acids is 1. The summed E-state index contributed by atoms with van der Waals surface area (Å²) in [5, 5.41) is 126. The highest BCUT2D eigenvalue weighted by atomic mass is 16.7. The number of carboxylic acid groups (broad SMARTS) is 1. The maximum absolute atomic E-state index is 12.9. The number of carbonyl (C=O) groups is 2. The Hall–Kier alpha value is -3.26. The summed E-state index contributed by atoms with van der Waals surface area (Å²) in [5.74, 6) is -5.91. The summed E-state index contributed by atoms with van der Waals surface area (Å²) in [4.78, 5) is 25.2. The highest BCUT2D eigenvalue weighted by molar-refractivity contribution is 5.70. The van der Waals surface area contributed by atoms with E-state index in [1.807, 2.05) is 49.5 Å². The lowest BCUT2D eigenvalue weighted by Crippen LogP contribution is -2.61. The minimum atomic E-state index is -2.59. The maximum Gasteiger partial charge on any atom is 0.308 e. The number of allylic oxidation sites excluding steroid dienone is 10. The van der Waals surface area contributed by atoms with Crippen molar-refractivity contribution in [3.8, 4) is 0 Å². The van der Waals surface area contributed by atoms with Crippen molar-refractivity contribution in [3.63, 3.8) is 0 Å². The molecule has 20 heteroatoms. The minimum Gasteiger partial charge on any atom is -0.481 e. The zero-order valence-corrected chi connectivity index (χ0v) is 42.1. The highest BCUT2D eigenvalue weighted by Crippen LogP contribution is 2.29. The zero-order chi connectivity index (χ0) is 53.5. The largest absolute Gasteiger partial charge is 0.481 e. The number of hydrogen-bond acceptors (Lipinski definition) is 19. The molecule has 3 aliphatic heterocycles. The van der Waals surface area contributed by atoms with Crippen LogP contribution in [0.3, 0.4) is 0 Å². The number of nitrogens with two attached hydrogens (primary N) is 1. The summed E-state index contributed by atoms with van der Waals surface area (Å²) >= 11 is 0. The molecule has 0 saturated carbocycles. The molecule has 0 aromatic carbocycles. The normalized spacial score (nSPS) is 42.6. The lowest BCUT2D eigenvalue weighted by atomic mass is 9.90. The van der Waals surface area contributed by atoms with Crippen LogP contribution in [-0.2, 0) is 33.3 Å². The number of carboxylic acids is 1. The third-order valence-corrected chi connectivity index (χ3v) is 13.2. The molecule has 20 nitrogen and oxygen atoms in total. The average Bonchev–Trinajstić information content (AvgIpc) is 3.29. The van der Waals surface area contributed by atoms with Crippen LogP contribution in [0.2, 0.25) is 0 Å². The van der Waals surface area contributed by atoms with E-state index in [4.69, 9.17) is 29.4 Å². The Balaban J connectivity index is 1.77. The summed E-state index contributed by atoms with van der Waals surface area (Å²) in [6.07, 6.45) is 3.62. The van der Waals surface area contributed by atoms with Gasteiger partial charge in [-0.1, -0.05) is 79.8 Å². The van der Waals surface area contributed by atoms with Crippen molar-refractivity contribution in [1.29, 1.82) is 0 Å². The fourth-order valence-electron chi connectivity index (χ4n) is 8.67. The summed E-state index contributed by atoms with van der Waals surface area (Å²) < 4.78 is 29.5. The molecule has 19 atom stereocenters. The van der Waals surface area contributed by atoms with Crippen LogP contribution < -0.4 is 5.73 Å². The van der Waals surface area contributed by atoms with Gasteiger partial charge >= 0.3 is 11.9 Å². The SMILES string of the molecule is CC1O[C@H](OC2/C=C/C=C/C=C/C=C/CC/C=C/C=C/[C@H](C)C(OC3CC(O)C(O)[C@H](C)O3)C[C@H](C)OC(=O)CC(O)CC(O)CC(O)CCC(O)C(O)CC(O)(O)CCC(C(=O)O)CC2)C(O)C(N)[C@@H]1O. The fraction of sp³-hybridized carbons (Fsp3) is 0.731. The van der Waals surface area contributed by atoms with E-state index in [2.05, 4.69) is 0 Å². The summed E-state index contributed by atoms with van der Waals surface area (Å²) in [6.45, 7) is 6.79. The summed E-state index contributed by atoms with van der Waals surface area (Å²) in [7, 11) is 0. The van der Waals surface area contributed by atoms with Crippen molar-refractivity contribution in [2.45, 2.75) is 227 Å². The second-order valence-electron chi connectivity index (χ2n) is 19.7. The monoisotopic (exact) mass is 1030 g/mol. The van der Waals surface area contributed by atoms with E-state index in [0.29, 0.717) is 0 Å². The van der Waals surface area contributed by atoms with Crippen molar-refractivity contribution in [2.75, 3.05) is 0 Å². The van der Waals surface area contributed by atoms with Gasteiger partial charge in [0, 0.05) is 31.6 Å². The van der Waals surface area contributed by atoms with E-state index in [0.717, 1.165) is 12.8 Å². The molecule has 2 saturated heterocycles. The van der Waals surface area contributed by atoms with Crippen molar-refractivity contribution in [2.24, 2.45) is 17.6 Å². The number of aliphatic hydroxyl groups is 11. The topological polar surface area (TPSA) is 349 Å². The molecular weight excluding hydrogens is 943 g/mol. The first-order valence-corrected chi connectivity index (χ1v) is 25.3. The van der Waals surface area contributed by atoms with Crippen molar-refractivity contribution in [1.82, 2.24) is 0 Å². The Labute approximate surface area is 423 Å². The molecule has 0 radical (unpaired) electrons. The van der Waals surface area contributed by atoms with Crippen LogP contribution in [0.5, 0.6) is 0 Å². The van der Waals surface area contributed by atoms with E-state index in [1.54, 1.807) is 51.2 Å². The lowest BCUT2D eigenvalue weighted by Gasteiger charge is -2.40. The second kappa shape index (κ2) is 32.2. The van der Waals surface area contributed by atoms with Gasteiger partial charge in [-0.3, -0.25) is 9.59 Å². The number of hydrogen-bond donors (Lipinski definition) is 13. The van der Waals surface area contributed by atoms with E-state index >= 15 is 0 Å².